The molecule has 0 spiro atoms. The number of esters is 1. The number of aromatic nitrogens is 1. The highest BCUT2D eigenvalue weighted by atomic mass is 35.5. The molecule has 0 unspecified atom stereocenters. The van der Waals surface area contributed by atoms with E-state index in [1.807, 2.05) is 38.4 Å². The molecule has 0 aliphatic heterocycles. The summed E-state index contributed by atoms with van der Waals surface area (Å²) in [4.78, 5) is 33.5. The van der Waals surface area contributed by atoms with E-state index in [-0.39, 0.29) is 11.8 Å². The van der Waals surface area contributed by atoms with Crippen molar-refractivity contribution in [2.45, 2.75) is 38.6 Å². The molecule has 4 rings (SSSR count). The molecule has 7 heteroatoms. The van der Waals surface area contributed by atoms with Gasteiger partial charge in [0.1, 0.15) is 0 Å². The molecule has 1 aromatic heterocycles. The van der Waals surface area contributed by atoms with Gasteiger partial charge < -0.3 is 14.5 Å². The molecule has 3 aromatic rings. The fourth-order valence-corrected chi connectivity index (χ4v) is 5.00. The molecule has 1 aliphatic rings. The Balaban J connectivity index is 1.63. The van der Waals surface area contributed by atoms with Gasteiger partial charge in [0.05, 0.1) is 25.5 Å². The molecule has 0 radical (unpaired) electrons. The fraction of sp³-hybridized carbons (Fsp3) is 0.323. The van der Waals surface area contributed by atoms with Gasteiger partial charge in [0, 0.05) is 43.0 Å². The summed E-state index contributed by atoms with van der Waals surface area (Å²) in [5.41, 5.74) is 5.47. The zero-order valence-corrected chi connectivity index (χ0v) is 22.9. The monoisotopic (exact) mass is 531 g/mol. The van der Waals surface area contributed by atoms with E-state index in [4.69, 9.17) is 11.6 Å². The summed E-state index contributed by atoms with van der Waals surface area (Å²) in [5, 5.41) is 0.607. The average Bonchev–Trinajstić information content (AvgIpc) is 2.95. The lowest BCUT2D eigenvalue weighted by Crippen LogP contribution is -2.37. The molecule has 0 bridgehead atoms. The number of carbonyl (C=O) groups is 2. The number of amides is 1. The largest absolute Gasteiger partial charge is 0.466 e. The molecule has 198 valence electrons. The number of carbonyl (C=O) groups excluding carboxylic acids is 2. The number of hydrogen-bond donors (Lipinski definition) is 0. The molecule has 1 fully saturated rings. The highest BCUT2D eigenvalue weighted by Crippen LogP contribution is 2.32. The molecule has 6 nitrogen and oxygen atoms in total. The van der Waals surface area contributed by atoms with Gasteiger partial charge in [-0.05, 0) is 65.4 Å². The maximum absolute atomic E-state index is 13.8. The Bertz CT molecular complexity index is 1300. The number of ether oxygens (including phenoxy) is 1. The number of hydrogen-bond acceptors (Lipinski definition) is 5. The van der Waals surface area contributed by atoms with Crippen LogP contribution in [0, 0.1) is 5.92 Å². The molecule has 0 saturated heterocycles. The maximum atomic E-state index is 13.8. The lowest BCUT2D eigenvalue weighted by molar-refractivity contribution is -0.134. The van der Waals surface area contributed by atoms with Crippen molar-refractivity contribution < 1.29 is 14.3 Å². The van der Waals surface area contributed by atoms with Crippen LogP contribution in [0.1, 0.15) is 43.2 Å². The van der Waals surface area contributed by atoms with Gasteiger partial charge in [0.15, 0.2) is 0 Å². The second kappa shape index (κ2) is 12.7. The van der Waals surface area contributed by atoms with Crippen LogP contribution in [0.5, 0.6) is 0 Å². The minimum atomic E-state index is -0.450. The van der Waals surface area contributed by atoms with E-state index >= 15 is 0 Å². The Hall–Kier alpha value is -3.64. The van der Waals surface area contributed by atoms with E-state index < -0.39 is 5.97 Å². The van der Waals surface area contributed by atoms with Crippen LogP contribution in [0.3, 0.4) is 0 Å². The van der Waals surface area contributed by atoms with Crippen molar-refractivity contribution in [2.24, 2.45) is 5.92 Å². The number of rotatable bonds is 8. The number of benzene rings is 2. The van der Waals surface area contributed by atoms with Crippen LogP contribution >= 0.6 is 11.6 Å². The standard InChI is InChI=1S/C31H34ClN3O3/c1-34(2)27-14-12-23(13-15-27)25-10-11-26(29(32)18-25)21-35(31(37)24-7-5-4-6-8-24)28-17-22(19-33-20-28)9-16-30(36)38-3/h9-20,24H,4-8,21H2,1-3H3/b16-9+. The predicted octanol–water partition coefficient (Wildman–Crippen LogP) is 6.77. The summed E-state index contributed by atoms with van der Waals surface area (Å²) in [6.45, 7) is 0.333. The lowest BCUT2D eigenvalue weighted by Gasteiger charge is -2.30. The van der Waals surface area contributed by atoms with Gasteiger partial charge in [-0.25, -0.2) is 4.79 Å². The van der Waals surface area contributed by atoms with Gasteiger partial charge in [-0.3, -0.25) is 9.78 Å². The van der Waals surface area contributed by atoms with Gasteiger partial charge >= 0.3 is 5.97 Å². The number of halogens is 1. The minimum absolute atomic E-state index is 0.0220. The van der Waals surface area contributed by atoms with Crippen LogP contribution in [-0.2, 0) is 20.9 Å². The Morgan fingerprint density at radius 1 is 0.974 bits per heavy atom. The molecule has 0 N–H and O–H groups in total. The van der Waals surface area contributed by atoms with E-state index in [0.717, 1.165) is 48.1 Å². The number of methoxy groups -OCH3 is 1. The van der Waals surface area contributed by atoms with Crippen LogP contribution < -0.4 is 9.80 Å². The van der Waals surface area contributed by atoms with Crippen LogP contribution in [0.25, 0.3) is 17.2 Å². The van der Waals surface area contributed by atoms with Crippen molar-refractivity contribution in [2.75, 3.05) is 31.0 Å². The van der Waals surface area contributed by atoms with Gasteiger partial charge in [-0.15, -0.1) is 0 Å². The first kappa shape index (κ1) is 27.4. The molecule has 1 heterocycles. The van der Waals surface area contributed by atoms with E-state index in [9.17, 15) is 9.59 Å². The summed E-state index contributed by atoms with van der Waals surface area (Å²) in [5.74, 6) is -0.389. The fourth-order valence-electron chi connectivity index (χ4n) is 4.76. The molecule has 1 amide bonds. The summed E-state index contributed by atoms with van der Waals surface area (Å²) in [6, 6.07) is 16.2. The van der Waals surface area contributed by atoms with Crippen LogP contribution in [0.15, 0.2) is 67.0 Å². The summed E-state index contributed by atoms with van der Waals surface area (Å²) >= 11 is 6.79. The van der Waals surface area contributed by atoms with E-state index in [1.54, 1.807) is 23.4 Å². The highest BCUT2D eigenvalue weighted by molar-refractivity contribution is 6.31. The summed E-state index contributed by atoms with van der Waals surface area (Å²) in [6.07, 6.45) is 11.4. The van der Waals surface area contributed by atoms with Crippen molar-refractivity contribution in [3.8, 4) is 11.1 Å². The van der Waals surface area contributed by atoms with Crippen molar-refractivity contribution in [3.05, 3.63) is 83.2 Å². The first-order valence-corrected chi connectivity index (χ1v) is 13.3. The van der Waals surface area contributed by atoms with Gasteiger partial charge in [-0.1, -0.05) is 55.1 Å². The third-order valence-corrected chi connectivity index (χ3v) is 7.34. The predicted molar refractivity (Wildman–Crippen MR) is 154 cm³/mol. The number of pyridine rings is 1. The third kappa shape index (κ3) is 6.81. The van der Waals surface area contributed by atoms with E-state index in [1.165, 1.54) is 19.6 Å². The summed E-state index contributed by atoms with van der Waals surface area (Å²) in [7, 11) is 5.36. The first-order valence-electron chi connectivity index (χ1n) is 12.9. The van der Waals surface area contributed by atoms with Gasteiger partial charge in [0.25, 0.3) is 0 Å². The van der Waals surface area contributed by atoms with E-state index in [0.29, 0.717) is 22.8 Å². The average molecular weight is 532 g/mol. The molecule has 1 aliphatic carbocycles. The van der Waals surface area contributed by atoms with Crippen molar-refractivity contribution >= 4 is 40.9 Å². The Morgan fingerprint density at radius 2 is 1.68 bits per heavy atom. The molecular formula is C31H34ClN3O3. The van der Waals surface area contributed by atoms with Crippen molar-refractivity contribution in [1.82, 2.24) is 4.98 Å². The topological polar surface area (TPSA) is 62.7 Å². The Kier molecular flexibility index (Phi) is 9.19. The lowest BCUT2D eigenvalue weighted by atomic mass is 9.88. The molecule has 38 heavy (non-hydrogen) atoms. The Morgan fingerprint density at radius 3 is 2.34 bits per heavy atom. The number of nitrogens with zero attached hydrogens (tertiary/aromatic N) is 3. The quantitative estimate of drug-likeness (QED) is 0.237. The van der Waals surface area contributed by atoms with Crippen molar-refractivity contribution in [3.63, 3.8) is 0 Å². The first-order chi connectivity index (χ1) is 18.4. The van der Waals surface area contributed by atoms with Gasteiger partial charge in [-0.2, -0.15) is 0 Å². The smallest absolute Gasteiger partial charge is 0.330 e. The maximum Gasteiger partial charge on any atom is 0.330 e. The van der Waals surface area contributed by atoms with E-state index in [2.05, 4.69) is 38.9 Å². The zero-order chi connectivity index (χ0) is 27.1. The molecule has 2 aromatic carbocycles. The normalized spacial score (nSPS) is 13.9. The zero-order valence-electron chi connectivity index (χ0n) is 22.2. The number of anilines is 2. The third-order valence-electron chi connectivity index (χ3n) is 6.99. The molecular weight excluding hydrogens is 498 g/mol. The second-order valence-electron chi connectivity index (χ2n) is 9.84. The van der Waals surface area contributed by atoms with Crippen LogP contribution in [0.4, 0.5) is 11.4 Å². The van der Waals surface area contributed by atoms with Crippen molar-refractivity contribution in [1.29, 1.82) is 0 Å². The van der Waals surface area contributed by atoms with Gasteiger partial charge in [0.2, 0.25) is 5.91 Å². The highest BCUT2D eigenvalue weighted by Gasteiger charge is 2.28. The second-order valence-corrected chi connectivity index (χ2v) is 10.2. The molecule has 1 saturated carbocycles. The summed E-state index contributed by atoms with van der Waals surface area (Å²) < 4.78 is 4.69. The minimum Gasteiger partial charge on any atom is -0.466 e. The van der Waals surface area contributed by atoms with Crippen LogP contribution in [0.2, 0.25) is 5.02 Å². The SMILES string of the molecule is COC(=O)/C=C/c1cncc(N(Cc2ccc(-c3ccc(N(C)C)cc3)cc2Cl)C(=O)C2CCCCC2)c1. The Labute approximate surface area is 229 Å². The van der Waals surface area contributed by atoms with Crippen LogP contribution in [-0.4, -0.2) is 38.1 Å². The molecule has 0 atom stereocenters.